The maximum Gasteiger partial charge on any atom is 0.251 e. The first-order valence-corrected chi connectivity index (χ1v) is 14.7. The number of rotatable bonds is 8. The van der Waals surface area contributed by atoms with E-state index in [-0.39, 0.29) is 36.1 Å². The van der Waals surface area contributed by atoms with Gasteiger partial charge in [0.2, 0.25) is 11.8 Å². The number of amides is 3. The molecule has 0 aliphatic carbocycles. The first-order chi connectivity index (χ1) is 18.4. The third kappa shape index (κ3) is 4.14. The Morgan fingerprint density at radius 3 is 2.37 bits per heavy atom. The number of aliphatic hydroxyl groups excluding tert-OH is 1. The van der Waals surface area contributed by atoms with Crippen molar-refractivity contribution in [3.63, 3.8) is 0 Å². The summed E-state index contributed by atoms with van der Waals surface area (Å²) in [6, 6.07) is 7.20. The second kappa shape index (κ2) is 10.8. The fourth-order valence-electron chi connectivity index (χ4n) is 6.67. The number of carbonyl (C=O) groups is 3. The van der Waals surface area contributed by atoms with E-state index in [1.807, 2.05) is 54.3 Å². The van der Waals surface area contributed by atoms with Gasteiger partial charge in [0.15, 0.2) is 0 Å². The van der Waals surface area contributed by atoms with Crippen LogP contribution in [0.15, 0.2) is 48.6 Å². The van der Waals surface area contributed by atoms with Gasteiger partial charge in [0.05, 0.1) is 23.2 Å². The second-order valence-corrected chi connectivity index (χ2v) is 11.8. The SMILES string of the molecule is CCCN1CC=C[C@H]2S[C@]34C=CCN(c5ccc(N(CC)CC)cc5)C(=O)C3N(CCO)C(=O)[C@@H]4[C@H]2C1=O. The molecule has 2 fully saturated rings. The summed E-state index contributed by atoms with van der Waals surface area (Å²) >= 11 is 1.57. The molecule has 1 spiro atoms. The lowest BCUT2D eigenvalue weighted by molar-refractivity contribution is -0.143. The molecule has 4 aliphatic rings. The molecule has 0 saturated carbocycles. The number of benzene rings is 1. The molecule has 3 amide bonds. The zero-order valence-electron chi connectivity index (χ0n) is 22.5. The van der Waals surface area contributed by atoms with Crippen molar-refractivity contribution < 1.29 is 19.5 Å². The second-order valence-electron chi connectivity index (χ2n) is 10.3. The highest BCUT2D eigenvalue weighted by atomic mass is 32.2. The lowest BCUT2D eigenvalue weighted by Gasteiger charge is -2.35. The highest BCUT2D eigenvalue weighted by Gasteiger charge is 2.70. The molecule has 5 atom stereocenters. The minimum Gasteiger partial charge on any atom is -0.395 e. The molecule has 0 radical (unpaired) electrons. The van der Waals surface area contributed by atoms with Crippen LogP contribution in [-0.2, 0) is 14.4 Å². The zero-order chi connectivity index (χ0) is 27.0. The summed E-state index contributed by atoms with van der Waals surface area (Å²) in [5.74, 6) is -1.56. The van der Waals surface area contributed by atoms with Crippen molar-refractivity contribution in [2.45, 2.75) is 43.2 Å². The average molecular weight is 539 g/mol. The standard InChI is InChI=1S/C29H38N4O4S/c1-4-15-31-16-7-9-22-23(26(31)35)24-27(36)33(18-19-34)25-28(37)32(17-8-14-29(24,25)38-22)21-12-10-20(11-13-21)30(5-2)6-3/h7-14,22-25,34H,4-6,15-19H2,1-3H3/t22-,23+,24+,25?,29+/m1/s1. The molecular weight excluding hydrogens is 500 g/mol. The van der Waals surface area contributed by atoms with E-state index < -0.39 is 22.6 Å². The Morgan fingerprint density at radius 2 is 1.71 bits per heavy atom. The van der Waals surface area contributed by atoms with Crippen LogP contribution in [0.4, 0.5) is 11.4 Å². The molecule has 2 saturated heterocycles. The summed E-state index contributed by atoms with van der Waals surface area (Å²) in [7, 11) is 0. The minimum atomic E-state index is -0.857. The van der Waals surface area contributed by atoms with Gasteiger partial charge in [-0.05, 0) is 44.5 Å². The fourth-order valence-corrected chi connectivity index (χ4v) is 8.68. The van der Waals surface area contributed by atoms with Gasteiger partial charge in [0.25, 0.3) is 5.91 Å². The molecule has 1 aromatic rings. The van der Waals surface area contributed by atoms with Gasteiger partial charge in [-0.2, -0.15) is 0 Å². The smallest absolute Gasteiger partial charge is 0.251 e. The van der Waals surface area contributed by atoms with Gasteiger partial charge in [-0.25, -0.2) is 0 Å². The Bertz CT molecular complexity index is 1130. The monoisotopic (exact) mass is 538 g/mol. The number of carbonyl (C=O) groups excluding carboxylic acids is 3. The number of aliphatic hydroxyl groups is 1. The molecule has 1 N–H and O–H groups in total. The minimum absolute atomic E-state index is 0.0110. The van der Waals surface area contributed by atoms with E-state index in [0.717, 1.165) is 30.9 Å². The number of hydrogen-bond donors (Lipinski definition) is 1. The number of fused-ring (bicyclic) bond motifs is 2. The van der Waals surface area contributed by atoms with E-state index in [1.54, 1.807) is 16.7 Å². The van der Waals surface area contributed by atoms with Crippen LogP contribution < -0.4 is 9.80 Å². The van der Waals surface area contributed by atoms with Crippen LogP contribution in [0.5, 0.6) is 0 Å². The molecule has 38 heavy (non-hydrogen) atoms. The van der Waals surface area contributed by atoms with Crippen molar-refractivity contribution in [3.05, 3.63) is 48.6 Å². The van der Waals surface area contributed by atoms with Crippen LogP contribution in [-0.4, -0.2) is 94.5 Å². The van der Waals surface area contributed by atoms with Crippen LogP contribution in [0.2, 0.25) is 0 Å². The molecule has 1 unspecified atom stereocenters. The Kier molecular flexibility index (Phi) is 7.60. The number of thioether (sulfide) groups is 1. The van der Waals surface area contributed by atoms with Crippen molar-refractivity contribution in [1.29, 1.82) is 0 Å². The summed E-state index contributed by atoms with van der Waals surface area (Å²) in [6.07, 6.45) is 8.93. The van der Waals surface area contributed by atoms with Gasteiger partial charge < -0.3 is 24.7 Å². The van der Waals surface area contributed by atoms with Gasteiger partial charge in [-0.1, -0.05) is 31.2 Å². The van der Waals surface area contributed by atoms with E-state index in [4.69, 9.17) is 0 Å². The summed E-state index contributed by atoms with van der Waals surface area (Å²) in [6.45, 7) is 9.46. The van der Waals surface area contributed by atoms with Crippen LogP contribution in [0.1, 0.15) is 27.2 Å². The van der Waals surface area contributed by atoms with E-state index in [1.165, 1.54) is 4.90 Å². The van der Waals surface area contributed by atoms with Crippen LogP contribution in [0.3, 0.4) is 0 Å². The van der Waals surface area contributed by atoms with Gasteiger partial charge in [-0.3, -0.25) is 14.4 Å². The number of anilines is 2. The number of hydrogen-bond acceptors (Lipinski definition) is 6. The topological polar surface area (TPSA) is 84.4 Å². The molecule has 4 aliphatic heterocycles. The van der Waals surface area contributed by atoms with Crippen molar-refractivity contribution in [2.24, 2.45) is 11.8 Å². The maximum absolute atomic E-state index is 14.3. The van der Waals surface area contributed by atoms with Crippen molar-refractivity contribution in [3.8, 4) is 0 Å². The molecule has 204 valence electrons. The van der Waals surface area contributed by atoms with Gasteiger partial charge in [0.1, 0.15) is 6.04 Å². The third-order valence-corrected chi connectivity index (χ3v) is 10.1. The normalized spacial score (nSPS) is 30.3. The summed E-state index contributed by atoms with van der Waals surface area (Å²) in [5.41, 5.74) is 1.87. The number of β-amino-alcohol motifs (C(OH)–C–C–N with tert-alkyl or cyclic N) is 1. The van der Waals surface area contributed by atoms with Crippen LogP contribution >= 0.6 is 11.8 Å². The fraction of sp³-hybridized carbons (Fsp3) is 0.552. The molecule has 0 aromatic heterocycles. The number of nitrogens with zero attached hydrogens (tertiary/aromatic N) is 4. The molecular formula is C29H38N4O4S. The predicted molar refractivity (Wildman–Crippen MR) is 151 cm³/mol. The quantitative estimate of drug-likeness (QED) is 0.512. The Labute approximate surface area is 229 Å². The summed E-state index contributed by atoms with van der Waals surface area (Å²) < 4.78 is -0.857. The highest BCUT2D eigenvalue weighted by molar-refractivity contribution is 8.02. The molecule has 5 rings (SSSR count). The van der Waals surface area contributed by atoms with Crippen LogP contribution in [0, 0.1) is 11.8 Å². The van der Waals surface area contributed by atoms with Crippen LogP contribution in [0.25, 0.3) is 0 Å². The van der Waals surface area contributed by atoms with Crippen molar-refractivity contribution in [2.75, 3.05) is 55.7 Å². The van der Waals surface area contributed by atoms with Gasteiger partial charge in [0, 0.05) is 55.9 Å². The first-order valence-electron chi connectivity index (χ1n) is 13.8. The molecule has 1 aromatic carbocycles. The Morgan fingerprint density at radius 1 is 0.974 bits per heavy atom. The van der Waals surface area contributed by atoms with Gasteiger partial charge in [-0.15, -0.1) is 11.8 Å². The molecule has 8 nitrogen and oxygen atoms in total. The van der Waals surface area contributed by atoms with Gasteiger partial charge >= 0.3 is 0 Å². The lowest BCUT2D eigenvalue weighted by Crippen LogP contribution is -2.53. The Balaban J connectivity index is 1.53. The van der Waals surface area contributed by atoms with E-state index in [9.17, 15) is 19.5 Å². The predicted octanol–water partition coefficient (Wildman–Crippen LogP) is 2.53. The summed E-state index contributed by atoms with van der Waals surface area (Å²) in [4.78, 5) is 49.4. The largest absolute Gasteiger partial charge is 0.395 e. The number of likely N-dealkylation sites (tertiary alicyclic amines) is 1. The van der Waals surface area contributed by atoms with E-state index >= 15 is 0 Å². The summed E-state index contributed by atoms with van der Waals surface area (Å²) in [5, 5.41) is 9.70. The van der Waals surface area contributed by atoms with Crippen molar-refractivity contribution in [1.82, 2.24) is 9.80 Å². The maximum atomic E-state index is 14.3. The zero-order valence-corrected chi connectivity index (χ0v) is 23.3. The lowest BCUT2D eigenvalue weighted by atomic mass is 9.78. The average Bonchev–Trinajstić information content (AvgIpc) is 3.23. The molecule has 9 heteroatoms. The third-order valence-electron chi connectivity index (χ3n) is 8.37. The molecule has 4 heterocycles. The molecule has 0 bridgehead atoms. The highest BCUT2D eigenvalue weighted by Crippen LogP contribution is 2.61. The van der Waals surface area contributed by atoms with Crippen molar-refractivity contribution >= 4 is 40.9 Å². The first kappa shape index (κ1) is 26.8. The van der Waals surface area contributed by atoms with E-state index in [2.05, 4.69) is 24.8 Å². The Hall–Kier alpha value is -2.78. The van der Waals surface area contributed by atoms with E-state index in [0.29, 0.717) is 19.6 Å².